The highest BCUT2D eigenvalue weighted by molar-refractivity contribution is 9.10. The number of rotatable bonds is 3. The second-order valence-corrected chi connectivity index (χ2v) is 6.38. The zero-order valence-corrected chi connectivity index (χ0v) is 12.5. The summed E-state index contributed by atoms with van der Waals surface area (Å²) < 4.78 is 32.9. The van der Waals surface area contributed by atoms with Crippen molar-refractivity contribution in [1.29, 1.82) is 0 Å². The summed E-state index contributed by atoms with van der Waals surface area (Å²) in [5.41, 5.74) is 5.57. The first-order chi connectivity index (χ1) is 8.12. The summed E-state index contributed by atoms with van der Waals surface area (Å²) in [6, 6.07) is 2.16. The van der Waals surface area contributed by atoms with Gasteiger partial charge in [0, 0.05) is 15.9 Å². The molecule has 0 aromatic heterocycles. The predicted molar refractivity (Wildman–Crippen MR) is 71.6 cm³/mol. The van der Waals surface area contributed by atoms with E-state index in [1.165, 1.54) is 6.07 Å². The van der Waals surface area contributed by atoms with Gasteiger partial charge >= 0.3 is 0 Å². The molecule has 0 aliphatic heterocycles. The third-order valence-corrected chi connectivity index (χ3v) is 3.00. The van der Waals surface area contributed by atoms with Crippen molar-refractivity contribution < 1.29 is 13.5 Å². The van der Waals surface area contributed by atoms with Crippen molar-refractivity contribution >= 4 is 15.9 Å². The van der Waals surface area contributed by atoms with Gasteiger partial charge in [0.25, 0.3) is 0 Å². The molecule has 2 N–H and O–H groups in total. The predicted octanol–water partition coefficient (Wildman–Crippen LogP) is 3.87. The third-order valence-electron chi connectivity index (χ3n) is 2.54. The molecule has 18 heavy (non-hydrogen) atoms. The van der Waals surface area contributed by atoms with Crippen LogP contribution in [-0.4, -0.2) is 12.1 Å². The van der Waals surface area contributed by atoms with Crippen molar-refractivity contribution in [2.45, 2.75) is 39.8 Å². The van der Waals surface area contributed by atoms with E-state index in [9.17, 15) is 8.78 Å². The quantitative estimate of drug-likeness (QED) is 0.858. The third kappa shape index (κ3) is 3.65. The molecule has 0 radical (unpaired) electrons. The Hall–Kier alpha value is -0.680. The van der Waals surface area contributed by atoms with Crippen molar-refractivity contribution in [2.75, 3.05) is 0 Å². The van der Waals surface area contributed by atoms with E-state index in [-0.39, 0.29) is 17.2 Å². The van der Waals surface area contributed by atoms with Gasteiger partial charge in [-0.2, -0.15) is 4.39 Å². The van der Waals surface area contributed by atoms with Crippen LogP contribution in [0.3, 0.4) is 0 Å². The molecule has 102 valence electrons. The van der Waals surface area contributed by atoms with Crippen molar-refractivity contribution in [1.82, 2.24) is 0 Å². The van der Waals surface area contributed by atoms with Crippen molar-refractivity contribution in [3.8, 4) is 5.75 Å². The van der Waals surface area contributed by atoms with Crippen LogP contribution >= 0.6 is 15.9 Å². The minimum Gasteiger partial charge on any atom is -0.485 e. The molecule has 2 nitrogen and oxygen atoms in total. The Morgan fingerprint density at radius 1 is 1.28 bits per heavy atom. The summed E-state index contributed by atoms with van der Waals surface area (Å²) in [6.45, 7) is 7.59. The molecule has 0 saturated carbocycles. The van der Waals surface area contributed by atoms with Gasteiger partial charge in [-0.1, -0.05) is 36.7 Å². The van der Waals surface area contributed by atoms with E-state index in [1.54, 1.807) is 6.92 Å². The zero-order chi connectivity index (χ0) is 14.1. The lowest BCUT2D eigenvalue weighted by atomic mass is 9.85. The smallest absolute Gasteiger partial charge is 0.200 e. The summed E-state index contributed by atoms with van der Waals surface area (Å²) in [5.74, 6) is -2.07. The van der Waals surface area contributed by atoms with E-state index in [0.29, 0.717) is 4.47 Å². The summed E-state index contributed by atoms with van der Waals surface area (Å²) in [4.78, 5) is 0. The first kappa shape index (κ1) is 15.4. The Bertz CT molecular complexity index is 430. The maximum Gasteiger partial charge on any atom is 0.200 e. The Morgan fingerprint density at radius 2 is 1.83 bits per heavy atom. The standard InChI is InChI=1S/C13H18BrF2NO/c1-7(17)12(13(2,3)4)18-10-6-8(14)5-9(15)11(10)16/h5-7,12H,17H2,1-4H3. The second kappa shape index (κ2) is 5.53. The summed E-state index contributed by atoms with van der Waals surface area (Å²) in [5, 5.41) is 0. The van der Waals surface area contributed by atoms with Crippen LogP contribution in [0, 0.1) is 17.0 Å². The summed E-state index contributed by atoms with van der Waals surface area (Å²) >= 11 is 3.11. The number of benzene rings is 1. The molecular weight excluding hydrogens is 304 g/mol. The minimum absolute atomic E-state index is 0.126. The first-order valence-electron chi connectivity index (χ1n) is 5.69. The van der Waals surface area contributed by atoms with Gasteiger partial charge in [-0.15, -0.1) is 0 Å². The average molecular weight is 322 g/mol. The second-order valence-electron chi connectivity index (χ2n) is 5.46. The molecule has 5 heteroatoms. The van der Waals surface area contributed by atoms with E-state index < -0.39 is 17.7 Å². The van der Waals surface area contributed by atoms with E-state index in [4.69, 9.17) is 10.5 Å². The molecule has 0 aliphatic rings. The van der Waals surface area contributed by atoms with Gasteiger partial charge in [-0.3, -0.25) is 0 Å². The van der Waals surface area contributed by atoms with Crippen LogP contribution in [-0.2, 0) is 0 Å². The van der Waals surface area contributed by atoms with Crippen LogP contribution in [0.15, 0.2) is 16.6 Å². The normalized spacial score (nSPS) is 15.3. The minimum atomic E-state index is -0.992. The molecule has 1 aromatic rings. The lowest BCUT2D eigenvalue weighted by Crippen LogP contribution is -2.45. The van der Waals surface area contributed by atoms with Gasteiger partial charge in [-0.05, 0) is 19.1 Å². The monoisotopic (exact) mass is 321 g/mol. The van der Waals surface area contributed by atoms with Gasteiger partial charge in [0.15, 0.2) is 11.6 Å². The highest BCUT2D eigenvalue weighted by Crippen LogP contribution is 2.31. The van der Waals surface area contributed by atoms with Gasteiger partial charge in [0.1, 0.15) is 6.10 Å². The Morgan fingerprint density at radius 3 is 2.28 bits per heavy atom. The van der Waals surface area contributed by atoms with Crippen LogP contribution in [0.25, 0.3) is 0 Å². The van der Waals surface area contributed by atoms with Crippen molar-refractivity contribution in [2.24, 2.45) is 11.1 Å². The molecule has 0 spiro atoms. The Labute approximate surface area is 115 Å². The maximum absolute atomic E-state index is 13.6. The molecule has 0 fully saturated rings. The molecule has 0 amide bonds. The highest BCUT2D eigenvalue weighted by Gasteiger charge is 2.31. The fourth-order valence-corrected chi connectivity index (χ4v) is 2.24. The van der Waals surface area contributed by atoms with E-state index in [2.05, 4.69) is 15.9 Å². The van der Waals surface area contributed by atoms with Crippen molar-refractivity contribution in [3.63, 3.8) is 0 Å². The van der Waals surface area contributed by atoms with Crippen molar-refractivity contribution in [3.05, 3.63) is 28.2 Å². The topological polar surface area (TPSA) is 35.2 Å². The van der Waals surface area contributed by atoms with E-state index in [1.807, 2.05) is 20.8 Å². The van der Waals surface area contributed by atoms with Gasteiger partial charge < -0.3 is 10.5 Å². The molecule has 0 heterocycles. The Kier molecular flexibility index (Phi) is 4.72. The fourth-order valence-electron chi connectivity index (χ4n) is 1.83. The number of ether oxygens (including phenoxy) is 1. The summed E-state index contributed by atoms with van der Waals surface area (Å²) in [7, 11) is 0. The fraction of sp³-hybridized carbons (Fsp3) is 0.538. The Balaban J connectivity index is 3.09. The van der Waals surface area contributed by atoms with Gasteiger partial charge in [-0.25, -0.2) is 4.39 Å². The molecular formula is C13H18BrF2NO. The van der Waals surface area contributed by atoms with Crippen LogP contribution < -0.4 is 10.5 Å². The largest absolute Gasteiger partial charge is 0.485 e. The first-order valence-corrected chi connectivity index (χ1v) is 6.49. The van der Waals surface area contributed by atoms with Gasteiger partial charge in [0.05, 0.1) is 0 Å². The maximum atomic E-state index is 13.6. The van der Waals surface area contributed by atoms with Crippen LogP contribution in [0.1, 0.15) is 27.7 Å². The molecule has 2 unspecified atom stereocenters. The number of hydrogen-bond donors (Lipinski definition) is 1. The van der Waals surface area contributed by atoms with Crippen LogP contribution in [0.5, 0.6) is 5.75 Å². The molecule has 0 aliphatic carbocycles. The summed E-state index contributed by atoms with van der Waals surface area (Å²) in [6.07, 6.45) is -0.416. The average Bonchev–Trinajstić information content (AvgIpc) is 2.18. The van der Waals surface area contributed by atoms with E-state index >= 15 is 0 Å². The number of hydrogen-bond acceptors (Lipinski definition) is 2. The van der Waals surface area contributed by atoms with E-state index in [0.717, 1.165) is 6.07 Å². The lowest BCUT2D eigenvalue weighted by Gasteiger charge is -2.34. The van der Waals surface area contributed by atoms with Crippen LogP contribution in [0.4, 0.5) is 8.78 Å². The molecule has 1 rings (SSSR count). The van der Waals surface area contributed by atoms with Crippen LogP contribution in [0.2, 0.25) is 0 Å². The molecule has 0 saturated heterocycles. The highest BCUT2D eigenvalue weighted by atomic mass is 79.9. The number of nitrogens with two attached hydrogens (primary N) is 1. The zero-order valence-electron chi connectivity index (χ0n) is 10.9. The molecule has 0 bridgehead atoms. The number of halogens is 3. The molecule has 2 atom stereocenters. The lowest BCUT2D eigenvalue weighted by molar-refractivity contribution is 0.0639. The van der Waals surface area contributed by atoms with Gasteiger partial charge in [0.2, 0.25) is 5.82 Å². The molecule has 1 aromatic carbocycles. The SMILES string of the molecule is CC(N)C(Oc1cc(Br)cc(F)c1F)C(C)(C)C.